The monoisotopic (exact) mass is 195 g/mol. The van der Waals surface area contributed by atoms with E-state index in [0.29, 0.717) is 11.8 Å². The Morgan fingerprint density at radius 1 is 1.43 bits per heavy atom. The molecule has 0 aromatic rings. The normalized spacial score (nSPS) is 27.4. The molecule has 1 unspecified atom stereocenters. The molecule has 2 fully saturated rings. The number of Topliss-reactive ketones (excluding diaryl/α,β-unsaturated/α-hetero) is 1. The summed E-state index contributed by atoms with van der Waals surface area (Å²) in [6.07, 6.45) is 7.61. The van der Waals surface area contributed by atoms with Crippen molar-refractivity contribution in [3.8, 4) is 0 Å². The molecule has 0 spiro atoms. The summed E-state index contributed by atoms with van der Waals surface area (Å²) in [4.78, 5) is 13.7. The van der Waals surface area contributed by atoms with E-state index in [2.05, 4.69) is 11.8 Å². The molecule has 2 heteroatoms. The lowest BCUT2D eigenvalue weighted by atomic mass is 9.95. The highest BCUT2D eigenvalue weighted by atomic mass is 16.1. The van der Waals surface area contributed by atoms with Crippen molar-refractivity contribution in [3.63, 3.8) is 0 Å². The predicted molar refractivity (Wildman–Crippen MR) is 57.2 cm³/mol. The van der Waals surface area contributed by atoms with Crippen molar-refractivity contribution < 1.29 is 4.79 Å². The topological polar surface area (TPSA) is 20.3 Å². The molecule has 2 rings (SSSR count). The van der Waals surface area contributed by atoms with Gasteiger partial charge in [0.25, 0.3) is 0 Å². The van der Waals surface area contributed by atoms with E-state index in [1.54, 1.807) is 0 Å². The summed E-state index contributed by atoms with van der Waals surface area (Å²) in [6.45, 7) is 4.02. The van der Waals surface area contributed by atoms with Gasteiger partial charge in [0.2, 0.25) is 0 Å². The van der Waals surface area contributed by atoms with E-state index in [4.69, 9.17) is 0 Å². The van der Waals surface area contributed by atoms with E-state index in [9.17, 15) is 4.79 Å². The minimum absolute atomic E-state index is 0.446. The molecule has 0 radical (unpaired) electrons. The average Bonchev–Trinajstić information content (AvgIpc) is 2.79. The van der Waals surface area contributed by atoms with Gasteiger partial charge < -0.3 is 0 Å². The second-order valence-corrected chi connectivity index (χ2v) is 4.78. The fourth-order valence-electron chi connectivity index (χ4n) is 3.17. The number of carbonyl (C=O) groups excluding carboxylic acids is 1. The molecule has 2 aliphatic rings. The molecule has 1 heterocycles. The van der Waals surface area contributed by atoms with E-state index >= 15 is 0 Å². The van der Waals surface area contributed by atoms with E-state index in [1.807, 2.05) is 0 Å². The molecule has 1 aliphatic heterocycles. The summed E-state index contributed by atoms with van der Waals surface area (Å²) in [5, 5.41) is 0. The van der Waals surface area contributed by atoms with Crippen molar-refractivity contribution in [3.05, 3.63) is 0 Å². The smallest absolute Gasteiger partial charge is 0.148 e. The fourth-order valence-corrected chi connectivity index (χ4v) is 3.17. The Hall–Kier alpha value is -0.370. The summed E-state index contributed by atoms with van der Waals surface area (Å²) >= 11 is 0. The van der Waals surface area contributed by atoms with Crippen LogP contribution in [-0.4, -0.2) is 29.8 Å². The molecule has 1 aliphatic carbocycles. The van der Waals surface area contributed by atoms with Crippen LogP contribution in [0.5, 0.6) is 0 Å². The SMILES string of the molecule is CCC(C1CCCC1)N1CCC(=O)C1. The van der Waals surface area contributed by atoms with Gasteiger partial charge in [-0.3, -0.25) is 9.69 Å². The number of hydrogen-bond acceptors (Lipinski definition) is 2. The number of carbonyl (C=O) groups is 1. The van der Waals surface area contributed by atoms with Crippen LogP contribution in [0, 0.1) is 5.92 Å². The minimum atomic E-state index is 0.446. The van der Waals surface area contributed by atoms with E-state index in [-0.39, 0.29) is 0 Å². The van der Waals surface area contributed by atoms with Crippen LogP contribution in [0.3, 0.4) is 0 Å². The maximum atomic E-state index is 11.2. The van der Waals surface area contributed by atoms with Crippen LogP contribution in [-0.2, 0) is 4.79 Å². The lowest BCUT2D eigenvalue weighted by Crippen LogP contribution is -2.38. The fraction of sp³-hybridized carbons (Fsp3) is 0.917. The molecule has 1 saturated carbocycles. The van der Waals surface area contributed by atoms with Crippen LogP contribution in [0.25, 0.3) is 0 Å². The van der Waals surface area contributed by atoms with Gasteiger partial charge in [0.05, 0.1) is 6.54 Å². The third kappa shape index (κ3) is 2.00. The Morgan fingerprint density at radius 3 is 2.64 bits per heavy atom. The van der Waals surface area contributed by atoms with Crippen LogP contribution < -0.4 is 0 Å². The first-order chi connectivity index (χ1) is 6.81. The molecule has 80 valence electrons. The zero-order valence-electron chi connectivity index (χ0n) is 9.17. The van der Waals surface area contributed by atoms with Crippen molar-refractivity contribution in [2.45, 2.75) is 51.5 Å². The average molecular weight is 195 g/mol. The summed E-state index contributed by atoms with van der Waals surface area (Å²) in [5.74, 6) is 1.33. The molecule has 0 aromatic carbocycles. The van der Waals surface area contributed by atoms with Gasteiger partial charge in [-0.05, 0) is 25.2 Å². The van der Waals surface area contributed by atoms with Crippen molar-refractivity contribution in [2.24, 2.45) is 5.92 Å². The zero-order valence-corrected chi connectivity index (χ0v) is 9.17. The van der Waals surface area contributed by atoms with Gasteiger partial charge in [-0.1, -0.05) is 19.8 Å². The Balaban J connectivity index is 1.94. The van der Waals surface area contributed by atoms with Crippen molar-refractivity contribution in [1.29, 1.82) is 0 Å². The van der Waals surface area contributed by atoms with Crippen LogP contribution in [0.2, 0.25) is 0 Å². The number of nitrogens with zero attached hydrogens (tertiary/aromatic N) is 1. The number of ketones is 1. The van der Waals surface area contributed by atoms with E-state index in [1.165, 1.54) is 32.1 Å². The maximum absolute atomic E-state index is 11.2. The van der Waals surface area contributed by atoms with E-state index in [0.717, 1.165) is 25.4 Å². The minimum Gasteiger partial charge on any atom is -0.298 e. The van der Waals surface area contributed by atoms with Crippen molar-refractivity contribution >= 4 is 5.78 Å². The summed E-state index contributed by atoms with van der Waals surface area (Å²) < 4.78 is 0. The first kappa shape index (κ1) is 10.2. The number of likely N-dealkylation sites (tertiary alicyclic amines) is 1. The van der Waals surface area contributed by atoms with Gasteiger partial charge in [-0.2, -0.15) is 0 Å². The van der Waals surface area contributed by atoms with Crippen LogP contribution in [0.15, 0.2) is 0 Å². The molecular formula is C12H21NO. The Bertz CT molecular complexity index is 208. The molecule has 2 nitrogen and oxygen atoms in total. The molecule has 0 N–H and O–H groups in total. The second kappa shape index (κ2) is 4.43. The predicted octanol–water partition coefficient (Wildman–Crippen LogP) is 2.23. The van der Waals surface area contributed by atoms with Gasteiger partial charge in [0.15, 0.2) is 0 Å². The molecule has 0 amide bonds. The molecule has 1 saturated heterocycles. The molecular weight excluding hydrogens is 174 g/mol. The molecule has 0 aromatic heterocycles. The molecule has 1 atom stereocenters. The standard InChI is InChI=1S/C12H21NO/c1-2-12(10-5-3-4-6-10)13-8-7-11(14)9-13/h10,12H,2-9H2,1H3. The summed E-state index contributed by atoms with van der Waals surface area (Å²) in [5.41, 5.74) is 0. The Morgan fingerprint density at radius 2 is 2.14 bits per heavy atom. The quantitative estimate of drug-likeness (QED) is 0.688. The summed E-state index contributed by atoms with van der Waals surface area (Å²) in [6, 6.07) is 0.698. The number of hydrogen-bond donors (Lipinski definition) is 0. The molecule has 0 bridgehead atoms. The highest BCUT2D eigenvalue weighted by molar-refractivity contribution is 5.82. The van der Waals surface area contributed by atoms with Gasteiger partial charge >= 0.3 is 0 Å². The Kier molecular flexibility index (Phi) is 3.22. The molecule has 14 heavy (non-hydrogen) atoms. The van der Waals surface area contributed by atoms with E-state index < -0.39 is 0 Å². The highest BCUT2D eigenvalue weighted by Crippen LogP contribution is 2.32. The van der Waals surface area contributed by atoms with Crippen LogP contribution in [0.1, 0.15) is 45.4 Å². The lowest BCUT2D eigenvalue weighted by Gasteiger charge is -2.30. The van der Waals surface area contributed by atoms with Crippen LogP contribution in [0.4, 0.5) is 0 Å². The summed E-state index contributed by atoms with van der Waals surface area (Å²) in [7, 11) is 0. The lowest BCUT2D eigenvalue weighted by molar-refractivity contribution is -0.117. The largest absolute Gasteiger partial charge is 0.298 e. The van der Waals surface area contributed by atoms with Crippen LogP contribution >= 0.6 is 0 Å². The van der Waals surface area contributed by atoms with Gasteiger partial charge in [0, 0.05) is 19.0 Å². The maximum Gasteiger partial charge on any atom is 0.148 e. The zero-order chi connectivity index (χ0) is 9.97. The van der Waals surface area contributed by atoms with Gasteiger partial charge in [0.1, 0.15) is 5.78 Å². The Labute approximate surface area is 86.7 Å². The first-order valence-corrected chi connectivity index (χ1v) is 6.07. The van der Waals surface area contributed by atoms with Crippen molar-refractivity contribution in [1.82, 2.24) is 4.90 Å². The van der Waals surface area contributed by atoms with Gasteiger partial charge in [-0.15, -0.1) is 0 Å². The third-order valence-electron chi connectivity index (χ3n) is 3.89. The van der Waals surface area contributed by atoms with Crippen molar-refractivity contribution in [2.75, 3.05) is 13.1 Å². The van der Waals surface area contributed by atoms with Gasteiger partial charge in [-0.25, -0.2) is 0 Å². The highest BCUT2D eigenvalue weighted by Gasteiger charge is 2.32. The third-order valence-corrected chi connectivity index (χ3v) is 3.89. The second-order valence-electron chi connectivity index (χ2n) is 4.78. The first-order valence-electron chi connectivity index (χ1n) is 6.07. The number of rotatable bonds is 3.